The van der Waals surface area contributed by atoms with Gasteiger partial charge in [0.2, 0.25) is 5.82 Å². The molecule has 1 aromatic heterocycles. The van der Waals surface area contributed by atoms with E-state index in [9.17, 15) is 8.78 Å². The summed E-state index contributed by atoms with van der Waals surface area (Å²) in [5, 5.41) is 0. The molecule has 2 aromatic rings. The molecular weight excluding hydrogens is 238 g/mol. The summed E-state index contributed by atoms with van der Waals surface area (Å²) in [6.07, 6.45) is 0. The van der Waals surface area contributed by atoms with Crippen molar-refractivity contribution in [3.05, 3.63) is 29.2 Å². The zero-order valence-electron chi connectivity index (χ0n) is 10.9. The van der Waals surface area contributed by atoms with E-state index in [-0.39, 0.29) is 17.1 Å². The molecule has 0 spiro atoms. The van der Waals surface area contributed by atoms with E-state index in [1.54, 1.807) is 25.1 Å². The molecule has 5 heteroatoms. The van der Waals surface area contributed by atoms with Gasteiger partial charge in [0.25, 0.3) is 0 Å². The van der Waals surface area contributed by atoms with Gasteiger partial charge in [-0.05, 0) is 20.2 Å². The van der Waals surface area contributed by atoms with E-state index in [1.807, 2.05) is 13.8 Å². The van der Waals surface area contributed by atoms with Crippen LogP contribution < -0.4 is 0 Å². The van der Waals surface area contributed by atoms with E-state index in [2.05, 4.69) is 4.98 Å². The topological polar surface area (TPSA) is 29.3 Å². The second kappa shape index (κ2) is 4.65. The van der Waals surface area contributed by atoms with E-state index in [4.69, 9.17) is 4.42 Å². The number of halogens is 2. The number of fused-ring (bicyclic) bond motifs is 1. The molecule has 2 rings (SSSR count). The fraction of sp³-hybridized carbons (Fsp3) is 0.462. The predicted molar refractivity (Wildman–Crippen MR) is 65.4 cm³/mol. The Morgan fingerprint density at radius 3 is 2.50 bits per heavy atom. The lowest BCUT2D eigenvalue weighted by atomic mass is 10.1. The van der Waals surface area contributed by atoms with Crippen LogP contribution in [-0.2, 0) is 6.54 Å². The summed E-state index contributed by atoms with van der Waals surface area (Å²) in [5.74, 6) is -1.35. The van der Waals surface area contributed by atoms with Crippen LogP contribution in [0, 0.1) is 11.6 Å². The number of benzene rings is 1. The number of hydrogen-bond donors (Lipinski definition) is 0. The van der Waals surface area contributed by atoms with Crippen molar-refractivity contribution in [1.82, 2.24) is 9.88 Å². The van der Waals surface area contributed by atoms with Crippen LogP contribution >= 0.6 is 0 Å². The lowest BCUT2D eigenvalue weighted by Crippen LogP contribution is -2.12. The van der Waals surface area contributed by atoms with Gasteiger partial charge in [-0.3, -0.25) is 0 Å². The number of aromatic nitrogens is 1. The Labute approximate surface area is 104 Å². The van der Waals surface area contributed by atoms with Crippen molar-refractivity contribution in [2.24, 2.45) is 0 Å². The van der Waals surface area contributed by atoms with E-state index in [0.29, 0.717) is 18.0 Å². The summed E-state index contributed by atoms with van der Waals surface area (Å²) >= 11 is 0. The zero-order valence-corrected chi connectivity index (χ0v) is 10.9. The minimum absolute atomic E-state index is 0.0390. The van der Waals surface area contributed by atoms with Gasteiger partial charge in [-0.2, -0.15) is 4.39 Å². The summed E-state index contributed by atoms with van der Waals surface area (Å²) in [7, 11) is 3.59. The lowest BCUT2D eigenvalue weighted by molar-refractivity contribution is 0.385. The number of nitrogens with zero attached hydrogens (tertiary/aromatic N) is 2. The summed E-state index contributed by atoms with van der Waals surface area (Å²) in [6.45, 7) is 4.10. The molecule has 0 atom stereocenters. The van der Waals surface area contributed by atoms with Crippen LogP contribution in [0.5, 0.6) is 0 Å². The predicted octanol–water partition coefficient (Wildman–Crippen LogP) is 3.29. The fourth-order valence-electron chi connectivity index (χ4n) is 1.78. The van der Waals surface area contributed by atoms with E-state index in [1.165, 1.54) is 0 Å². The summed E-state index contributed by atoms with van der Waals surface area (Å²) < 4.78 is 32.9. The molecule has 0 fully saturated rings. The third-order valence-electron chi connectivity index (χ3n) is 2.64. The molecule has 3 nitrogen and oxygen atoms in total. The maximum absolute atomic E-state index is 13.9. The second-order valence-corrected chi connectivity index (χ2v) is 4.96. The van der Waals surface area contributed by atoms with Crippen LogP contribution in [0.4, 0.5) is 8.78 Å². The number of oxazole rings is 1. The van der Waals surface area contributed by atoms with Gasteiger partial charge in [0, 0.05) is 18.0 Å². The van der Waals surface area contributed by atoms with Crippen molar-refractivity contribution in [3.8, 4) is 0 Å². The Morgan fingerprint density at radius 1 is 1.28 bits per heavy atom. The smallest absolute Gasteiger partial charge is 0.203 e. The first kappa shape index (κ1) is 13.0. The Morgan fingerprint density at radius 2 is 1.94 bits per heavy atom. The SMILES string of the molecule is CC(C)c1nc2cc(CN(C)C)c(F)c(F)c2o1. The van der Waals surface area contributed by atoms with E-state index >= 15 is 0 Å². The van der Waals surface area contributed by atoms with Crippen molar-refractivity contribution in [2.45, 2.75) is 26.3 Å². The Kier molecular flexibility index (Phi) is 3.34. The first-order valence-corrected chi connectivity index (χ1v) is 5.82. The highest BCUT2D eigenvalue weighted by atomic mass is 19.2. The molecule has 0 aliphatic heterocycles. The van der Waals surface area contributed by atoms with Crippen LogP contribution in [0.2, 0.25) is 0 Å². The van der Waals surface area contributed by atoms with Crippen molar-refractivity contribution in [1.29, 1.82) is 0 Å². The molecule has 0 aliphatic rings. The summed E-state index contributed by atoms with van der Waals surface area (Å²) in [5.41, 5.74) is 0.557. The lowest BCUT2D eigenvalue weighted by Gasteiger charge is -2.10. The quantitative estimate of drug-likeness (QED) is 0.841. The molecule has 98 valence electrons. The number of rotatable bonds is 3. The first-order valence-electron chi connectivity index (χ1n) is 5.82. The van der Waals surface area contributed by atoms with Crippen molar-refractivity contribution < 1.29 is 13.2 Å². The molecule has 1 aromatic carbocycles. The molecule has 0 saturated carbocycles. The number of hydrogen-bond acceptors (Lipinski definition) is 3. The minimum Gasteiger partial charge on any atom is -0.437 e. The molecule has 0 aliphatic carbocycles. The zero-order chi connectivity index (χ0) is 13.4. The normalized spacial score (nSPS) is 12.0. The highest BCUT2D eigenvalue weighted by Gasteiger charge is 2.19. The van der Waals surface area contributed by atoms with Crippen LogP contribution in [-0.4, -0.2) is 24.0 Å². The second-order valence-electron chi connectivity index (χ2n) is 4.96. The molecule has 0 N–H and O–H groups in total. The van der Waals surface area contributed by atoms with Crippen LogP contribution in [0.15, 0.2) is 10.5 Å². The third-order valence-corrected chi connectivity index (χ3v) is 2.64. The molecule has 0 saturated heterocycles. The fourth-order valence-corrected chi connectivity index (χ4v) is 1.78. The first-order chi connectivity index (χ1) is 8.40. The van der Waals surface area contributed by atoms with Crippen LogP contribution in [0.3, 0.4) is 0 Å². The molecular formula is C13H16F2N2O. The molecule has 18 heavy (non-hydrogen) atoms. The van der Waals surface area contributed by atoms with Crippen molar-refractivity contribution in [3.63, 3.8) is 0 Å². The maximum Gasteiger partial charge on any atom is 0.203 e. The van der Waals surface area contributed by atoms with Gasteiger partial charge in [-0.15, -0.1) is 0 Å². The summed E-state index contributed by atoms with van der Waals surface area (Å²) in [6, 6.07) is 1.54. The standard InChI is InChI=1S/C13H16F2N2O/c1-7(2)13-16-9-5-8(6-17(3)4)10(14)11(15)12(9)18-13/h5,7H,6H2,1-4H3. The van der Waals surface area contributed by atoms with Gasteiger partial charge in [-0.25, -0.2) is 9.37 Å². The minimum atomic E-state index is -0.955. The third kappa shape index (κ3) is 2.22. The largest absolute Gasteiger partial charge is 0.437 e. The van der Waals surface area contributed by atoms with Gasteiger partial charge in [-0.1, -0.05) is 13.8 Å². The highest BCUT2D eigenvalue weighted by molar-refractivity contribution is 5.74. The average molecular weight is 254 g/mol. The molecule has 0 radical (unpaired) electrons. The molecule has 0 amide bonds. The van der Waals surface area contributed by atoms with E-state index < -0.39 is 11.6 Å². The molecule has 1 heterocycles. The Balaban J connectivity index is 2.60. The van der Waals surface area contributed by atoms with Crippen LogP contribution in [0.25, 0.3) is 11.1 Å². The van der Waals surface area contributed by atoms with Crippen LogP contribution in [0.1, 0.15) is 31.2 Å². The van der Waals surface area contributed by atoms with Gasteiger partial charge in [0.05, 0.1) is 0 Å². The van der Waals surface area contributed by atoms with Crippen molar-refractivity contribution >= 4 is 11.1 Å². The summed E-state index contributed by atoms with van der Waals surface area (Å²) in [4.78, 5) is 5.96. The van der Waals surface area contributed by atoms with Gasteiger partial charge in [0.1, 0.15) is 5.52 Å². The average Bonchev–Trinajstić information content (AvgIpc) is 2.69. The Bertz CT molecular complexity index is 576. The van der Waals surface area contributed by atoms with Gasteiger partial charge < -0.3 is 9.32 Å². The van der Waals surface area contributed by atoms with Crippen molar-refractivity contribution in [2.75, 3.05) is 14.1 Å². The Hall–Kier alpha value is -1.49. The van der Waals surface area contributed by atoms with Gasteiger partial charge in [0.15, 0.2) is 17.3 Å². The molecule has 0 bridgehead atoms. The van der Waals surface area contributed by atoms with E-state index in [0.717, 1.165) is 0 Å². The van der Waals surface area contributed by atoms with Gasteiger partial charge >= 0.3 is 0 Å². The monoisotopic (exact) mass is 254 g/mol. The highest BCUT2D eigenvalue weighted by Crippen LogP contribution is 2.27. The maximum atomic E-state index is 13.9. The molecule has 0 unspecified atom stereocenters.